The van der Waals surface area contributed by atoms with Crippen molar-refractivity contribution in [2.24, 2.45) is 17.6 Å². The zero-order valence-electron chi connectivity index (χ0n) is 21.3. The Labute approximate surface area is 218 Å². The fourth-order valence-corrected chi connectivity index (χ4v) is 5.33. The van der Waals surface area contributed by atoms with Gasteiger partial charge in [-0.3, -0.25) is 14.8 Å². The summed E-state index contributed by atoms with van der Waals surface area (Å²) in [6, 6.07) is 22.2. The van der Waals surface area contributed by atoms with E-state index in [0.29, 0.717) is 18.9 Å². The molecule has 6 heteroatoms. The Morgan fingerprint density at radius 3 is 2.49 bits per heavy atom. The minimum absolute atomic E-state index is 0.0321. The first-order valence-electron chi connectivity index (χ1n) is 13.1. The van der Waals surface area contributed by atoms with Crippen LogP contribution in [0.1, 0.15) is 43.0 Å². The van der Waals surface area contributed by atoms with Crippen molar-refractivity contribution in [2.75, 3.05) is 13.7 Å². The molecule has 37 heavy (non-hydrogen) atoms. The van der Waals surface area contributed by atoms with Crippen LogP contribution in [-0.2, 0) is 11.2 Å². The Hall–Kier alpha value is -3.77. The number of nitrogens with two attached hydrogens (primary N) is 1. The van der Waals surface area contributed by atoms with Gasteiger partial charge >= 0.3 is 0 Å². The minimum Gasteiger partial charge on any atom is -0.496 e. The van der Waals surface area contributed by atoms with E-state index in [4.69, 9.17) is 15.5 Å². The van der Waals surface area contributed by atoms with E-state index in [0.717, 1.165) is 64.7 Å². The number of methoxy groups -OCH3 is 1. The Kier molecular flexibility index (Phi) is 7.76. The number of nitrogens with zero attached hydrogens (tertiary/aromatic N) is 2. The van der Waals surface area contributed by atoms with E-state index in [1.807, 2.05) is 42.6 Å². The van der Waals surface area contributed by atoms with Gasteiger partial charge in [-0.1, -0.05) is 36.4 Å². The number of ether oxygens (including phenoxy) is 1. The number of fused-ring (bicyclic) bond motifs is 1. The lowest BCUT2D eigenvalue weighted by molar-refractivity contribution is -0.127. The molecule has 0 radical (unpaired) electrons. The molecule has 2 aromatic heterocycles. The summed E-state index contributed by atoms with van der Waals surface area (Å²) in [4.78, 5) is 22.5. The summed E-state index contributed by atoms with van der Waals surface area (Å²) >= 11 is 0. The maximum absolute atomic E-state index is 13.3. The normalized spacial score (nSPS) is 18.3. The predicted molar refractivity (Wildman–Crippen MR) is 147 cm³/mol. The molecule has 0 spiro atoms. The zero-order chi connectivity index (χ0) is 25.6. The number of aromatic nitrogens is 2. The minimum atomic E-state index is -0.223. The number of carbonyl (C=O) groups is 1. The first-order chi connectivity index (χ1) is 18.1. The maximum Gasteiger partial charge on any atom is 0.223 e. The summed E-state index contributed by atoms with van der Waals surface area (Å²) in [7, 11) is 1.67. The van der Waals surface area contributed by atoms with Gasteiger partial charge in [-0.25, -0.2) is 0 Å². The van der Waals surface area contributed by atoms with Gasteiger partial charge in [0, 0.05) is 23.7 Å². The number of pyridine rings is 2. The van der Waals surface area contributed by atoms with Gasteiger partial charge in [-0.15, -0.1) is 0 Å². The average Bonchev–Trinajstić information content (AvgIpc) is 2.96. The van der Waals surface area contributed by atoms with Gasteiger partial charge in [0.2, 0.25) is 5.91 Å². The third kappa shape index (κ3) is 5.81. The van der Waals surface area contributed by atoms with Gasteiger partial charge in [-0.2, -0.15) is 0 Å². The van der Waals surface area contributed by atoms with Crippen LogP contribution in [0.5, 0.6) is 5.75 Å². The molecular weight excluding hydrogens is 460 g/mol. The van der Waals surface area contributed by atoms with Gasteiger partial charge in [-0.05, 0) is 91.6 Å². The van der Waals surface area contributed by atoms with Crippen molar-refractivity contribution in [3.63, 3.8) is 0 Å². The first kappa shape index (κ1) is 24.9. The summed E-state index contributed by atoms with van der Waals surface area (Å²) in [6.45, 7) is 0.707. The third-order valence-electron chi connectivity index (χ3n) is 7.54. The van der Waals surface area contributed by atoms with Crippen LogP contribution >= 0.6 is 0 Å². The molecule has 1 fully saturated rings. The number of benzene rings is 2. The van der Waals surface area contributed by atoms with Gasteiger partial charge in [0.15, 0.2) is 0 Å². The molecule has 1 atom stereocenters. The van der Waals surface area contributed by atoms with E-state index in [9.17, 15) is 4.79 Å². The Morgan fingerprint density at radius 2 is 1.73 bits per heavy atom. The molecule has 1 aliphatic carbocycles. The van der Waals surface area contributed by atoms with Gasteiger partial charge < -0.3 is 15.8 Å². The Balaban J connectivity index is 1.43. The molecule has 4 aromatic rings. The van der Waals surface area contributed by atoms with Crippen molar-refractivity contribution in [1.82, 2.24) is 15.3 Å². The number of hydrogen-bond donors (Lipinski definition) is 2. The monoisotopic (exact) mass is 494 g/mol. The van der Waals surface area contributed by atoms with Crippen molar-refractivity contribution < 1.29 is 9.53 Å². The van der Waals surface area contributed by atoms with Gasteiger partial charge in [0.1, 0.15) is 5.75 Å². The largest absolute Gasteiger partial charge is 0.496 e. The van der Waals surface area contributed by atoms with Crippen molar-refractivity contribution in [2.45, 2.75) is 38.1 Å². The molecule has 2 heterocycles. The van der Waals surface area contributed by atoms with Crippen LogP contribution in [0, 0.1) is 11.8 Å². The topological polar surface area (TPSA) is 90.1 Å². The van der Waals surface area contributed by atoms with Crippen LogP contribution in [-0.4, -0.2) is 29.5 Å². The van der Waals surface area contributed by atoms with Crippen molar-refractivity contribution in [1.29, 1.82) is 0 Å². The van der Waals surface area contributed by atoms with Crippen LogP contribution in [0.25, 0.3) is 22.0 Å². The second kappa shape index (κ2) is 11.5. The lowest BCUT2D eigenvalue weighted by Crippen LogP contribution is -2.37. The number of hydrogen-bond acceptors (Lipinski definition) is 5. The summed E-state index contributed by atoms with van der Waals surface area (Å²) in [5.41, 5.74) is 10.8. The number of nitrogens with one attached hydrogen (secondary N) is 1. The van der Waals surface area contributed by atoms with E-state index >= 15 is 0 Å². The molecule has 0 saturated heterocycles. The van der Waals surface area contributed by atoms with Crippen LogP contribution in [0.4, 0.5) is 0 Å². The molecule has 2 aromatic carbocycles. The van der Waals surface area contributed by atoms with Crippen LogP contribution in [0.15, 0.2) is 79.1 Å². The summed E-state index contributed by atoms with van der Waals surface area (Å²) in [5, 5.41) is 4.31. The average molecular weight is 495 g/mol. The molecule has 6 nitrogen and oxygen atoms in total. The maximum atomic E-state index is 13.3. The summed E-state index contributed by atoms with van der Waals surface area (Å²) in [6.07, 6.45) is 8.09. The van der Waals surface area contributed by atoms with E-state index in [2.05, 4.69) is 40.6 Å². The summed E-state index contributed by atoms with van der Waals surface area (Å²) in [5.74, 6) is 1.48. The molecule has 0 aliphatic heterocycles. The number of carbonyl (C=O) groups excluding carboxylic acids is 1. The lowest BCUT2D eigenvalue weighted by atomic mass is 9.81. The molecule has 0 bridgehead atoms. The molecule has 190 valence electrons. The molecule has 1 amide bonds. The molecule has 3 N–H and O–H groups in total. The van der Waals surface area contributed by atoms with E-state index in [1.54, 1.807) is 13.3 Å². The first-order valence-corrected chi connectivity index (χ1v) is 13.1. The summed E-state index contributed by atoms with van der Waals surface area (Å²) < 4.78 is 5.56. The Bertz CT molecular complexity index is 1350. The zero-order valence-corrected chi connectivity index (χ0v) is 21.3. The molecular formula is C31H34N4O2. The highest BCUT2D eigenvalue weighted by molar-refractivity contribution is 5.89. The van der Waals surface area contributed by atoms with Crippen LogP contribution < -0.4 is 15.8 Å². The van der Waals surface area contributed by atoms with E-state index in [-0.39, 0.29) is 17.9 Å². The molecule has 1 unspecified atom stereocenters. The third-order valence-corrected chi connectivity index (χ3v) is 7.54. The molecule has 1 saturated carbocycles. The van der Waals surface area contributed by atoms with Crippen LogP contribution in [0.3, 0.4) is 0 Å². The molecule has 5 rings (SSSR count). The number of amides is 1. The highest BCUT2D eigenvalue weighted by Crippen LogP contribution is 2.32. The van der Waals surface area contributed by atoms with Crippen molar-refractivity contribution >= 4 is 16.8 Å². The number of rotatable bonds is 8. The van der Waals surface area contributed by atoms with Gasteiger partial charge in [0.25, 0.3) is 0 Å². The quantitative estimate of drug-likeness (QED) is 0.339. The predicted octanol–water partition coefficient (Wildman–Crippen LogP) is 5.47. The van der Waals surface area contributed by atoms with Gasteiger partial charge in [0.05, 0.1) is 24.4 Å². The Morgan fingerprint density at radius 1 is 0.973 bits per heavy atom. The second-order valence-electron chi connectivity index (χ2n) is 9.92. The van der Waals surface area contributed by atoms with E-state index < -0.39 is 0 Å². The highest BCUT2D eigenvalue weighted by Gasteiger charge is 2.28. The second-order valence-corrected chi connectivity index (χ2v) is 9.92. The fraction of sp³-hybridized carbons (Fsp3) is 0.323. The van der Waals surface area contributed by atoms with Crippen LogP contribution in [0.2, 0.25) is 0 Å². The fourth-order valence-electron chi connectivity index (χ4n) is 5.33. The standard InChI is InChI=1S/C31H34N4O2/c1-37-30-14-16-33-27-12-11-24(18-26(27)30)25-13-15-34-28(19-25)29(17-21-5-3-2-4-6-21)35-31(36)23-9-7-22(20-32)8-10-23/h2-6,11-16,18-19,22-23,29H,7-10,17,20,32H2,1H3,(H,35,36)/t22-,23-,29?. The van der Waals surface area contributed by atoms with Crippen molar-refractivity contribution in [3.8, 4) is 16.9 Å². The molecule has 1 aliphatic rings. The van der Waals surface area contributed by atoms with Crippen molar-refractivity contribution in [3.05, 3.63) is 90.4 Å². The smallest absolute Gasteiger partial charge is 0.223 e. The van der Waals surface area contributed by atoms with E-state index in [1.165, 1.54) is 0 Å². The highest BCUT2D eigenvalue weighted by atomic mass is 16.5. The lowest BCUT2D eigenvalue weighted by Gasteiger charge is -2.28. The SMILES string of the molecule is COc1ccnc2ccc(-c3ccnc(C(Cc4ccccc4)NC(=O)[C@H]4CC[C@H](CN)CC4)c3)cc12.